The molecule has 2 aromatic rings. The summed E-state index contributed by atoms with van der Waals surface area (Å²) in [6.45, 7) is 0. The Kier molecular flexibility index (Phi) is 2.17. The fraction of sp³-hybridized carbons (Fsp3) is 0.100. The van der Waals surface area contributed by atoms with Crippen LogP contribution in [0.3, 0.4) is 0 Å². The number of halogens is 1. The van der Waals surface area contributed by atoms with E-state index in [1.54, 1.807) is 29.9 Å². The summed E-state index contributed by atoms with van der Waals surface area (Å²) in [6.07, 6.45) is 0. The number of aryl methyl sites for hydroxylation is 1. The zero-order chi connectivity index (χ0) is 10.1. The second-order valence-electron chi connectivity index (χ2n) is 3.07. The Balaban J connectivity index is 2.54. The van der Waals surface area contributed by atoms with Crippen LogP contribution in [0.25, 0.3) is 11.3 Å². The van der Waals surface area contributed by atoms with Crippen LogP contribution in [0.2, 0.25) is 5.02 Å². The Morgan fingerprint density at radius 3 is 2.43 bits per heavy atom. The largest absolute Gasteiger partial charge is 0.288 e. The van der Waals surface area contributed by atoms with Gasteiger partial charge in [0.1, 0.15) is 0 Å². The molecule has 0 unspecified atom stereocenters. The molecule has 72 valence electrons. The Bertz CT molecular complexity index is 496. The molecule has 14 heavy (non-hydrogen) atoms. The normalized spacial score (nSPS) is 10.4. The number of hydrogen-bond acceptors (Lipinski definition) is 1. The van der Waals surface area contributed by atoms with Crippen LogP contribution in [-0.4, -0.2) is 9.78 Å². The van der Waals surface area contributed by atoms with E-state index in [0.29, 0.717) is 5.02 Å². The lowest BCUT2D eigenvalue weighted by Gasteiger charge is -2.01. The summed E-state index contributed by atoms with van der Waals surface area (Å²) in [5.41, 5.74) is 1.72. The lowest BCUT2D eigenvalue weighted by atomic mass is 10.1. The Morgan fingerprint density at radius 2 is 1.93 bits per heavy atom. The number of nitrogens with zero attached hydrogens (tertiary/aromatic N) is 1. The van der Waals surface area contributed by atoms with E-state index >= 15 is 0 Å². The quantitative estimate of drug-likeness (QED) is 0.765. The fourth-order valence-corrected chi connectivity index (χ4v) is 1.50. The molecule has 1 N–H and O–H groups in total. The van der Waals surface area contributed by atoms with Gasteiger partial charge < -0.3 is 0 Å². The minimum atomic E-state index is -0.0996. The number of aromatic amines is 1. The molecule has 0 aliphatic rings. The zero-order valence-corrected chi connectivity index (χ0v) is 8.38. The van der Waals surface area contributed by atoms with Crippen molar-refractivity contribution in [1.29, 1.82) is 0 Å². The summed E-state index contributed by atoms with van der Waals surface area (Å²) in [4.78, 5) is 11.0. The molecule has 0 radical (unpaired) electrons. The number of benzene rings is 1. The third kappa shape index (κ3) is 1.59. The van der Waals surface area contributed by atoms with Crippen molar-refractivity contribution < 1.29 is 0 Å². The van der Waals surface area contributed by atoms with Crippen molar-refractivity contribution >= 4 is 11.6 Å². The first-order chi connectivity index (χ1) is 6.66. The smallest absolute Gasteiger partial charge is 0.264 e. The molecule has 0 aliphatic heterocycles. The molecule has 1 aromatic heterocycles. The minimum absolute atomic E-state index is 0.0996. The van der Waals surface area contributed by atoms with Crippen LogP contribution >= 0.6 is 11.6 Å². The highest BCUT2D eigenvalue weighted by Crippen LogP contribution is 2.19. The molecule has 1 heterocycles. The molecule has 3 nitrogen and oxygen atoms in total. The first-order valence-corrected chi connectivity index (χ1v) is 4.56. The average molecular weight is 209 g/mol. The fourth-order valence-electron chi connectivity index (χ4n) is 1.38. The van der Waals surface area contributed by atoms with E-state index in [0.717, 1.165) is 11.3 Å². The topological polar surface area (TPSA) is 37.8 Å². The van der Waals surface area contributed by atoms with Crippen LogP contribution in [0.4, 0.5) is 0 Å². The number of hydrogen-bond donors (Lipinski definition) is 1. The monoisotopic (exact) mass is 208 g/mol. The number of nitrogens with one attached hydrogen (secondary N) is 1. The van der Waals surface area contributed by atoms with Crippen molar-refractivity contribution in [3.8, 4) is 11.3 Å². The van der Waals surface area contributed by atoms with E-state index in [-0.39, 0.29) is 5.56 Å². The Labute approximate surface area is 85.9 Å². The highest BCUT2D eigenvalue weighted by atomic mass is 35.5. The van der Waals surface area contributed by atoms with Gasteiger partial charge in [0, 0.05) is 18.1 Å². The predicted octanol–water partition coefficient (Wildman–Crippen LogP) is 2.03. The lowest BCUT2D eigenvalue weighted by molar-refractivity contribution is 0.764. The molecular weight excluding hydrogens is 200 g/mol. The van der Waals surface area contributed by atoms with Crippen LogP contribution in [-0.2, 0) is 7.05 Å². The third-order valence-electron chi connectivity index (χ3n) is 2.05. The van der Waals surface area contributed by atoms with Crippen LogP contribution in [0.5, 0.6) is 0 Å². The van der Waals surface area contributed by atoms with Gasteiger partial charge in [0.2, 0.25) is 0 Å². The molecule has 1 aromatic carbocycles. The van der Waals surface area contributed by atoms with E-state index < -0.39 is 0 Å². The second kappa shape index (κ2) is 3.35. The van der Waals surface area contributed by atoms with Gasteiger partial charge in [0.15, 0.2) is 0 Å². The maximum Gasteiger partial charge on any atom is 0.264 e. The van der Waals surface area contributed by atoms with Crippen LogP contribution in [0.15, 0.2) is 35.1 Å². The summed E-state index contributed by atoms with van der Waals surface area (Å²) >= 11 is 5.77. The summed E-state index contributed by atoms with van der Waals surface area (Å²) in [7, 11) is 1.80. The van der Waals surface area contributed by atoms with E-state index in [2.05, 4.69) is 5.10 Å². The van der Waals surface area contributed by atoms with Gasteiger partial charge in [-0.3, -0.25) is 14.6 Å². The number of aromatic nitrogens is 2. The summed E-state index contributed by atoms with van der Waals surface area (Å²) in [6, 6.07) is 8.92. The molecule has 0 bridgehead atoms. The highest BCUT2D eigenvalue weighted by molar-refractivity contribution is 6.30. The molecule has 0 saturated carbocycles. The van der Waals surface area contributed by atoms with Gasteiger partial charge in [-0.1, -0.05) is 23.7 Å². The first-order valence-electron chi connectivity index (χ1n) is 4.19. The maximum atomic E-state index is 11.0. The predicted molar refractivity (Wildman–Crippen MR) is 56.5 cm³/mol. The maximum absolute atomic E-state index is 11.0. The summed E-state index contributed by atoms with van der Waals surface area (Å²) in [5.74, 6) is 0. The van der Waals surface area contributed by atoms with Crippen LogP contribution in [0, 0.1) is 0 Å². The molecular formula is C10H9ClN2O. The second-order valence-corrected chi connectivity index (χ2v) is 3.51. The van der Waals surface area contributed by atoms with Crippen molar-refractivity contribution in [3.63, 3.8) is 0 Å². The van der Waals surface area contributed by atoms with Gasteiger partial charge in [-0.15, -0.1) is 0 Å². The van der Waals surface area contributed by atoms with Gasteiger partial charge >= 0.3 is 0 Å². The van der Waals surface area contributed by atoms with Gasteiger partial charge in [0.25, 0.3) is 5.56 Å². The first kappa shape index (κ1) is 9.09. The molecule has 0 saturated heterocycles. The van der Waals surface area contributed by atoms with Gasteiger partial charge in [-0.2, -0.15) is 0 Å². The van der Waals surface area contributed by atoms with Crippen molar-refractivity contribution in [3.05, 3.63) is 45.7 Å². The average Bonchev–Trinajstić information content (AvgIpc) is 2.47. The Morgan fingerprint density at radius 1 is 1.29 bits per heavy atom. The van der Waals surface area contributed by atoms with Crippen LogP contribution in [0.1, 0.15) is 0 Å². The zero-order valence-electron chi connectivity index (χ0n) is 7.62. The van der Waals surface area contributed by atoms with Gasteiger partial charge in [0.05, 0.1) is 5.69 Å². The van der Waals surface area contributed by atoms with Gasteiger partial charge in [-0.05, 0) is 17.7 Å². The van der Waals surface area contributed by atoms with E-state index in [4.69, 9.17) is 11.6 Å². The highest BCUT2D eigenvalue weighted by Gasteiger charge is 2.03. The summed E-state index contributed by atoms with van der Waals surface area (Å²) in [5, 5.41) is 3.34. The van der Waals surface area contributed by atoms with Gasteiger partial charge in [-0.25, -0.2) is 0 Å². The lowest BCUT2D eigenvalue weighted by Crippen LogP contribution is -2.00. The van der Waals surface area contributed by atoms with Crippen LogP contribution < -0.4 is 5.56 Å². The number of H-pyrrole nitrogens is 1. The van der Waals surface area contributed by atoms with Crippen molar-refractivity contribution in [1.82, 2.24) is 9.78 Å². The standard InChI is InChI=1S/C10H9ClN2O/c1-13-9(6-10(14)12-13)7-2-4-8(11)5-3-7/h2-6H,1H3,(H,12,14). The number of rotatable bonds is 1. The van der Waals surface area contributed by atoms with E-state index in [1.165, 1.54) is 0 Å². The van der Waals surface area contributed by atoms with Crippen molar-refractivity contribution in [2.75, 3.05) is 0 Å². The Hall–Kier alpha value is -1.48. The van der Waals surface area contributed by atoms with E-state index in [1.807, 2.05) is 12.1 Å². The minimum Gasteiger partial charge on any atom is -0.288 e. The molecule has 0 amide bonds. The van der Waals surface area contributed by atoms with E-state index in [9.17, 15) is 4.79 Å². The SMILES string of the molecule is Cn1[nH]c(=O)cc1-c1ccc(Cl)cc1. The van der Waals surface area contributed by atoms with Crippen molar-refractivity contribution in [2.24, 2.45) is 7.05 Å². The molecule has 0 aliphatic carbocycles. The molecule has 0 fully saturated rings. The third-order valence-corrected chi connectivity index (χ3v) is 2.30. The summed E-state index contributed by atoms with van der Waals surface area (Å²) < 4.78 is 1.69. The molecule has 2 rings (SSSR count). The molecule has 0 spiro atoms. The van der Waals surface area contributed by atoms with Crippen molar-refractivity contribution in [2.45, 2.75) is 0 Å². The molecule has 4 heteroatoms. The molecule has 0 atom stereocenters.